The van der Waals surface area contributed by atoms with Gasteiger partial charge >= 0.3 is 0 Å². The molecule has 0 aliphatic carbocycles. The molecule has 3 heterocycles. The molecule has 1 unspecified atom stereocenters. The van der Waals surface area contributed by atoms with E-state index < -0.39 is 0 Å². The van der Waals surface area contributed by atoms with Crippen molar-refractivity contribution in [3.63, 3.8) is 0 Å². The molecule has 7 nitrogen and oxygen atoms in total. The first-order valence-corrected chi connectivity index (χ1v) is 8.91. The lowest BCUT2D eigenvalue weighted by Crippen LogP contribution is -2.27. The smallest absolute Gasteiger partial charge is 0.223 e. The van der Waals surface area contributed by atoms with Crippen LogP contribution in [0.4, 0.5) is 11.8 Å². The molecule has 0 bridgehead atoms. The van der Waals surface area contributed by atoms with E-state index in [2.05, 4.69) is 24.8 Å². The number of aryl methyl sites for hydroxylation is 1. The average molecular weight is 377 g/mol. The van der Waals surface area contributed by atoms with Crippen molar-refractivity contribution in [2.45, 2.75) is 26.3 Å². The van der Waals surface area contributed by atoms with Gasteiger partial charge in [-0.25, -0.2) is 4.98 Å². The molecule has 2 aromatic rings. The normalized spacial score (nSPS) is 16.3. The summed E-state index contributed by atoms with van der Waals surface area (Å²) in [5.74, 6) is 2.09. The summed E-state index contributed by atoms with van der Waals surface area (Å²) in [6.07, 6.45) is 1.84. The lowest BCUT2D eigenvalue weighted by atomic mass is 10.0. The molecule has 1 atom stereocenters. The van der Waals surface area contributed by atoms with Crippen molar-refractivity contribution in [3.8, 4) is 5.75 Å². The number of rotatable bonds is 5. The van der Waals surface area contributed by atoms with Gasteiger partial charge in [0.2, 0.25) is 5.95 Å². The van der Waals surface area contributed by atoms with Gasteiger partial charge in [-0.05, 0) is 27.9 Å². The number of ether oxygens (including phenoxy) is 1. The Labute approximate surface area is 159 Å². The number of aromatic nitrogens is 3. The van der Waals surface area contributed by atoms with Crippen LogP contribution in [0, 0.1) is 13.8 Å². The third-order valence-electron chi connectivity index (χ3n) is 4.72. The predicted octanol–water partition coefficient (Wildman–Crippen LogP) is 2.40. The summed E-state index contributed by atoms with van der Waals surface area (Å²) in [6, 6.07) is 0. The molecule has 0 spiro atoms. The van der Waals surface area contributed by atoms with Crippen LogP contribution in [0.5, 0.6) is 5.75 Å². The zero-order valence-corrected chi connectivity index (χ0v) is 16.6. The summed E-state index contributed by atoms with van der Waals surface area (Å²) >= 11 is 6.41. The van der Waals surface area contributed by atoms with Crippen molar-refractivity contribution in [2.24, 2.45) is 0 Å². The fourth-order valence-electron chi connectivity index (χ4n) is 3.62. The van der Waals surface area contributed by atoms with Gasteiger partial charge in [0.1, 0.15) is 16.7 Å². The zero-order chi connectivity index (χ0) is 19.0. The summed E-state index contributed by atoms with van der Waals surface area (Å²) in [6.45, 7) is 6.30. The fourth-order valence-corrected chi connectivity index (χ4v) is 3.95. The summed E-state index contributed by atoms with van der Waals surface area (Å²) in [7, 11) is 5.78. The second kappa shape index (κ2) is 7.25. The third kappa shape index (κ3) is 3.41. The minimum absolute atomic E-state index is 0.190. The Balaban J connectivity index is 1.98. The van der Waals surface area contributed by atoms with Gasteiger partial charge < -0.3 is 20.3 Å². The number of anilines is 2. The maximum Gasteiger partial charge on any atom is 0.223 e. The largest absolute Gasteiger partial charge is 0.496 e. The quantitative estimate of drug-likeness (QED) is 0.802. The molecular weight excluding hydrogens is 352 g/mol. The number of nitrogens with two attached hydrogens (primary N) is 1. The molecule has 0 fully saturated rings. The molecule has 0 amide bonds. The summed E-state index contributed by atoms with van der Waals surface area (Å²) < 4.78 is 5.53. The molecule has 2 aromatic heterocycles. The van der Waals surface area contributed by atoms with E-state index in [-0.39, 0.29) is 11.9 Å². The lowest BCUT2D eigenvalue weighted by Gasteiger charge is -2.21. The minimum atomic E-state index is 0.190. The topological polar surface area (TPSA) is 80.4 Å². The number of fused-ring (bicyclic) bond motifs is 1. The van der Waals surface area contributed by atoms with Crippen LogP contribution >= 0.6 is 11.6 Å². The number of hydrogen-bond donors (Lipinski definition) is 1. The molecule has 0 saturated heterocycles. The molecule has 3 rings (SSSR count). The first kappa shape index (κ1) is 18.7. The fraction of sp³-hybridized carbons (Fsp3) is 0.500. The van der Waals surface area contributed by atoms with Crippen LogP contribution < -0.4 is 15.4 Å². The highest BCUT2D eigenvalue weighted by Crippen LogP contribution is 2.40. The van der Waals surface area contributed by atoms with Crippen LogP contribution in [-0.2, 0) is 6.54 Å². The maximum absolute atomic E-state index is 6.41. The molecule has 1 aliphatic heterocycles. The van der Waals surface area contributed by atoms with Crippen molar-refractivity contribution >= 4 is 23.4 Å². The van der Waals surface area contributed by atoms with Crippen molar-refractivity contribution < 1.29 is 4.74 Å². The maximum atomic E-state index is 6.41. The highest BCUT2D eigenvalue weighted by atomic mass is 35.5. The van der Waals surface area contributed by atoms with Gasteiger partial charge in [0.25, 0.3) is 0 Å². The molecule has 8 heteroatoms. The van der Waals surface area contributed by atoms with Crippen molar-refractivity contribution in [3.05, 3.63) is 33.7 Å². The summed E-state index contributed by atoms with van der Waals surface area (Å²) in [4.78, 5) is 17.6. The zero-order valence-electron chi connectivity index (χ0n) is 15.9. The van der Waals surface area contributed by atoms with Crippen LogP contribution in [0.1, 0.15) is 28.3 Å². The van der Waals surface area contributed by atoms with Crippen LogP contribution in [0.2, 0.25) is 5.15 Å². The molecule has 0 aromatic carbocycles. The van der Waals surface area contributed by atoms with E-state index in [9.17, 15) is 0 Å². The molecule has 0 saturated carbocycles. The molecule has 2 N–H and O–H groups in total. The monoisotopic (exact) mass is 376 g/mol. The van der Waals surface area contributed by atoms with E-state index in [1.54, 1.807) is 7.11 Å². The standard InChI is InChI=1S/C18H25ClN6O/c1-10-6-21-13(11(2)15(10)26-5)9-25-8-12(7-24(3)4)14-16(19)22-18(20)23-17(14)25/h6,12H,7-9H2,1-5H3,(H2,20,22,23). The van der Waals surface area contributed by atoms with Gasteiger partial charge in [0, 0.05) is 41.9 Å². The van der Waals surface area contributed by atoms with Crippen molar-refractivity contribution in [2.75, 3.05) is 44.9 Å². The van der Waals surface area contributed by atoms with E-state index in [1.807, 2.05) is 34.1 Å². The Morgan fingerprint density at radius 1 is 1.35 bits per heavy atom. The number of pyridine rings is 1. The number of hydrogen-bond acceptors (Lipinski definition) is 7. The molecule has 0 radical (unpaired) electrons. The van der Waals surface area contributed by atoms with E-state index in [0.29, 0.717) is 11.7 Å². The minimum Gasteiger partial charge on any atom is -0.496 e. The number of methoxy groups -OCH3 is 1. The van der Waals surface area contributed by atoms with E-state index >= 15 is 0 Å². The second-order valence-electron chi connectivity index (χ2n) is 7.00. The number of nitrogens with zero attached hydrogens (tertiary/aromatic N) is 5. The van der Waals surface area contributed by atoms with Gasteiger partial charge in [0.05, 0.1) is 19.3 Å². The van der Waals surface area contributed by atoms with Gasteiger partial charge in [-0.3, -0.25) is 4.98 Å². The average Bonchev–Trinajstić information content (AvgIpc) is 2.87. The molecule has 1 aliphatic rings. The van der Waals surface area contributed by atoms with E-state index in [1.165, 1.54) is 0 Å². The first-order chi connectivity index (χ1) is 12.3. The highest BCUT2D eigenvalue weighted by Gasteiger charge is 2.34. The Morgan fingerprint density at radius 2 is 2.08 bits per heavy atom. The second-order valence-corrected chi connectivity index (χ2v) is 7.35. The van der Waals surface area contributed by atoms with Gasteiger partial charge in [-0.1, -0.05) is 11.6 Å². The van der Waals surface area contributed by atoms with Crippen LogP contribution in [-0.4, -0.2) is 54.1 Å². The van der Waals surface area contributed by atoms with Crippen molar-refractivity contribution in [1.82, 2.24) is 19.9 Å². The number of halogens is 1. The molecule has 26 heavy (non-hydrogen) atoms. The predicted molar refractivity (Wildman–Crippen MR) is 104 cm³/mol. The third-order valence-corrected chi connectivity index (χ3v) is 5.01. The summed E-state index contributed by atoms with van der Waals surface area (Å²) in [5.41, 5.74) is 9.83. The van der Waals surface area contributed by atoms with Crippen LogP contribution in [0.25, 0.3) is 0 Å². The molecular formula is C18H25ClN6O. The lowest BCUT2D eigenvalue weighted by molar-refractivity contribution is 0.378. The Hall–Kier alpha value is -2.12. The number of nitrogen functional groups attached to an aromatic ring is 1. The van der Waals surface area contributed by atoms with Crippen LogP contribution in [0.15, 0.2) is 6.20 Å². The first-order valence-electron chi connectivity index (χ1n) is 8.53. The van der Waals surface area contributed by atoms with E-state index in [0.717, 1.165) is 47.0 Å². The Morgan fingerprint density at radius 3 is 2.73 bits per heavy atom. The molecule has 140 valence electrons. The van der Waals surface area contributed by atoms with Gasteiger partial charge in [0.15, 0.2) is 0 Å². The van der Waals surface area contributed by atoms with Crippen molar-refractivity contribution in [1.29, 1.82) is 0 Å². The Kier molecular flexibility index (Phi) is 5.20. The van der Waals surface area contributed by atoms with Gasteiger partial charge in [-0.15, -0.1) is 0 Å². The van der Waals surface area contributed by atoms with E-state index in [4.69, 9.17) is 22.1 Å². The van der Waals surface area contributed by atoms with Crippen LogP contribution in [0.3, 0.4) is 0 Å². The Bertz CT molecular complexity index is 826. The SMILES string of the molecule is COc1c(C)cnc(CN2CC(CN(C)C)c3c(Cl)nc(N)nc32)c1C. The number of likely N-dealkylation sites (N-methyl/N-ethyl adjacent to an activating group) is 1. The summed E-state index contributed by atoms with van der Waals surface area (Å²) in [5, 5.41) is 0.438. The van der Waals surface area contributed by atoms with Gasteiger partial charge in [-0.2, -0.15) is 4.98 Å². The highest BCUT2D eigenvalue weighted by molar-refractivity contribution is 6.30.